The lowest BCUT2D eigenvalue weighted by molar-refractivity contribution is -0.116. The molecule has 2 rings (SSSR count). The van der Waals surface area contributed by atoms with Crippen LogP contribution in [0.25, 0.3) is 0 Å². The number of hydrogen-bond acceptors (Lipinski definition) is 4. The van der Waals surface area contributed by atoms with Crippen molar-refractivity contribution >= 4 is 17.6 Å². The number of hydrogen-bond donors (Lipinski definition) is 2. The van der Waals surface area contributed by atoms with Crippen molar-refractivity contribution in [2.24, 2.45) is 0 Å². The molecule has 0 saturated carbocycles. The van der Waals surface area contributed by atoms with E-state index in [2.05, 4.69) is 15.6 Å². The van der Waals surface area contributed by atoms with Crippen LogP contribution < -0.4 is 5.32 Å². The SMILES string of the molecule is Cc1cccc(NC(=O)Cn2cc(C(=O)O)nn2)c1C. The predicted molar refractivity (Wildman–Crippen MR) is 71.5 cm³/mol. The summed E-state index contributed by atoms with van der Waals surface area (Å²) < 4.78 is 1.18. The summed E-state index contributed by atoms with van der Waals surface area (Å²) >= 11 is 0. The van der Waals surface area contributed by atoms with Crippen LogP contribution in [0, 0.1) is 13.8 Å². The van der Waals surface area contributed by atoms with Gasteiger partial charge in [-0.05, 0) is 31.0 Å². The Balaban J connectivity index is 2.05. The van der Waals surface area contributed by atoms with Gasteiger partial charge in [-0.3, -0.25) is 4.79 Å². The van der Waals surface area contributed by atoms with Crippen molar-refractivity contribution in [2.45, 2.75) is 20.4 Å². The van der Waals surface area contributed by atoms with E-state index in [-0.39, 0.29) is 18.1 Å². The standard InChI is InChI=1S/C13H14N4O3/c1-8-4-3-5-10(9(8)2)14-12(18)7-17-6-11(13(19)20)15-16-17/h3-6H,7H2,1-2H3,(H,14,18)(H,19,20). The zero-order chi connectivity index (χ0) is 14.7. The van der Waals surface area contributed by atoms with Crippen LogP contribution >= 0.6 is 0 Å². The van der Waals surface area contributed by atoms with Gasteiger partial charge >= 0.3 is 5.97 Å². The molecular weight excluding hydrogens is 260 g/mol. The topological polar surface area (TPSA) is 97.1 Å². The molecule has 1 aromatic carbocycles. The number of aryl methyl sites for hydroxylation is 1. The van der Waals surface area contributed by atoms with Crippen LogP contribution in [0.4, 0.5) is 5.69 Å². The van der Waals surface area contributed by atoms with Crippen LogP contribution in [0.3, 0.4) is 0 Å². The molecule has 0 fully saturated rings. The monoisotopic (exact) mass is 274 g/mol. The van der Waals surface area contributed by atoms with Gasteiger partial charge < -0.3 is 10.4 Å². The van der Waals surface area contributed by atoms with Crippen molar-refractivity contribution in [1.82, 2.24) is 15.0 Å². The summed E-state index contributed by atoms with van der Waals surface area (Å²) in [5.74, 6) is -1.47. The van der Waals surface area contributed by atoms with Gasteiger partial charge in [-0.15, -0.1) is 5.10 Å². The van der Waals surface area contributed by atoms with Crippen molar-refractivity contribution in [3.63, 3.8) is 0 Å². The van der Waals surface area contributed by atoms with Gasteiger partial charge in [0.25, 0.3) is 0 Å². The minimum Gasteiger partial charge on any atom is -0.476 e. The third-order valence-corrected chi connectivity index (χ3v) is 2.94. The highest BCUT2D eigenvalue weighted by molar-refractivity contribution is 5.91. The second-order valence-corrected chi connectivity index (χ2v) is 4.40. The fraction of sp³-hybridized carbons (Fsp3) is 0.231. The van der Waals surface area contributed by atoms with Crippen molar-refractivity contribution in [2.75, 3.05) is 5.32 Å². The summed E-state index contributed by atoms with van der Waals surface area (Å²) in [6.07, 6.45) is 1.21. The quantitative estimate of drug-likeness (QED) is 0.874. The third kappa shape index (κ3) is 3.00. The Morgan fingerprint density at radius 1 is 1.35 bits per heavy atom. The van der Waals surface area contributed by atoms with Crippen LogP contribution in [-0.4, -0.2) is 32.0 Å². The number of anilines is 1. The first-order chi connectivity index (χ1) is 9.47. The van der Waals surface area contributed by atoms with Crippen molar-refractivity contribution in [3.8, 4) is 0 Å². The summed E-state index contributed by atoms with van der Waals surface area (Å²) in [6, 6.07) is 5.63. The number of carboxylic acid groups (broad SMARTS) is 1. The molecule has 1 aromatic heterocycles. The molecule has 0 aliphatic carbocycles. The molecular formula is C13H14N4O3. The molecule has 7 nitrogen and oxygen atoms in total. The zero-order valence-electron chi connectivity index (χ0n) is 11.1. The minimum absolute atomic E-state index is 0.0896. The van der Waals surface area contributed by atoms with Gasteiger partial charge in [0.1, 0.15) is 6.54 Å². The number of rotatable bonds is 4. The van der Waals surface area contributed by atoms with Crippen molar-refractivity contribution in [1.29, 1.82) is 0 Å². The van der Waals surface area contributed by atoms with Gasteiger partial charge in [-0.1, -0.05) is 17.3 Å². The Bertz CT molecular complexity index is 663. The Morgan fingerprint density at radius 2 is 2.10 bits per heavy atom. The summed E-state index contributed by atoms with van der Waals surface area (Å²) in [5.41, 5.74) is 2.61. The number of nitrogens with zero attached hydrogens (tertiary/aromatic N) is 3. The van der Waals surface area contributed by atoms with E-state index in [9.17, 15) is 9.59 Å². The second kappa shape index (κ2) is 5.52. The minimum atomic E-state index is -1.17. The number of carbonyl (C=O) groups excluding carboxylic acids is 1. The van der Waals surface area contributed by atoms with E-state index in [1.165, 1.54) is 10.9 Å². The maximum absolute atomic E-state index is 11.9. The first-order valence-electron chi connectivity index (χ1n) is 5.97. The van der Waals surface area contributed by atoms with Crippen LogP contribution in [0.1, 0.15) is 21.6 Å². The summed E-state index contributed by atoms with van der Waals surface area (Å²) in [7, 11) is 0. The number of benzene rings is 1. The predicted octanol–water partition coefficient (Wildman–Crippen LogP) is 1.23. The van der Waals surface area contributed by atoms with Crippen LogP contribution in [0.2, 0.25) is 0 Å². The normalized spacial score (nSPS) is 10.3. The van der Waals surface area contributed by atoms with E-state index in [0.29, 0.717) is 0 Å². The average molecular weight is 274 g/mol. The Hall–Kier alpha value is -2.70. The molecule has 104 valence electrons. The molecule has 0 aliphatic rings. The molecule has 1 amide bonds. The number of amides is 1. The summed E-state index contributed by atoms with van der Waals surface area (Å²) in [4.78, 5) is 22.5. The molecule has 20 heavy (non-hydrogen) atoms. The fourth-order valence-corrected chi connectivity index (χ4v) is 1.70. The van der Waals surface area contributed by atoms with Gasteiger partial charge in [0.15, 0.2) is 5.69 Å². The molecule has 2 aromatic rings. The van der Waals surface area contributed by atoms with Crippen molar-refractivity contribution < 1.29 is 14.7 Å². The third-order valence-electron chi connectivity index (χ3n) is 2.94. The molecule has 0 saturated heterocycles. The van der Waals surface area contributed by atoms with Gasteiger partial charge in [0.2, 0.25) is 5.91 Å². The van der Waals surface area contributed by atoms with Gasteiger partial charge in [-0.25, -0.2) is 9.48 Å². The van der Waals surface area contributed by atoms with Crippen LogP contribution in [0.15, 0.2) is 24.4 Å². The molecule has 0 spiro atoms. The Morgan fingerprint density at radius 3 is 2.75 bits per heavy atom. The fourth-order valence-electron chi connectivity index (χ4n) is 1.70. The lowest BCUT2D eigenvalue weighted by atomic mass is 10.1. The van der Waals surface area contributed by atoms with Crippen LogP contribution in [-0.2, 0) is 11.3 Å². The van der Waals surface area contributed by atoms with Crippen molar-refractivity contribution in [3.05, 3.63) is 41.2 Å². The first kappa shape index (κ1) is 13.7. The highest BCUT2D eigenvalue weighted by Crippen LogP contribution is 2.17. The average Bonchev–Trinajstić information content (AvgIpc) is 2.83. The van der Waals surface area contributed by atoms with E-state index < -0.39 is 5.97 Å². The number of carboxylic acids is 1. The summed E-state index contributed by atoms with van der Waals surface area (Å²) in [5, 5.41) is 18.5. The maximum Gasteiger partial charge on any atom is 0.358 e. The number of nitrogens with one attached hydrogen (secondary N) is 1. The molecule has 0 aliphatic heterocycles. The van der Waals surface area contributed by atoms with Gasteiger partial charge in [0, 0.05) is 5.69 Å². The summed E-state index contributed by atoms with van der Waals surface area (Å²) in [6.45, 7) is 3.79. The maximum atomic E-state index is 11.9. The largest absolute Gasteiger partial charge is 0.476 e. The highest BCUT2D eigenvalue weighted by atomic mass is 16.4. The first-order valence-corrected chi connectivity index (χ1v) is 5.97. The molecule has 1 heterocycles. The molecule has 0 unspecified atom stereocenters. The number of carbonyl (C=O) groups is 2. The molecule has 0 bridgehead atoms. The second-order valence-electron chi connectivity index (χ2n) is 4.40. The Labute approximate surface area is 115 Å². The van der Waals surface area contributed by atoms with Gasteiger partial charge in [-0.2, -0.15) is 0 Å². The van der Waals surface area contributed by atoms with E-state index in [0.717, 1.165) is 16.8 Å². The van der Waals surface area contributed by atoms with E-state index >= 15 is 0 Å². The highest BCUT2D eigenvalue weighted by Gasteiger charge is 2.11. The van der Waals surface area contributed by atoms with E-state index in [1.807, 2.05) is 32.0 Å². The lowest BCUT2D eigenvalue weighted by Crippen LogP contribution is -2.19. The number of aromatic nitrogens is 3. The molecule has 2 N–H and O–H groups in total. The molecule has 0 radical (unpaired) electrons. The van der Waals surface area contributed by atoms with E-state index in [4.69, 9.17) is 5.11 Å². The number of aromatic carboxylic acids is 1. The zero-order valence-corrected chi connectivity index (χ0v) is 11.1. The lowest BCUT2D eigenvalue weighted by Gasteiger charge is -2.10. The molecule has 7 heteroatoms. The van der Waals surface area contributed by atoms with Gasteiger partial charge in [0.05, 0.1) is 6.20 Å². The van der Waals surface area contributed by atoms with Crippen LogP contribution in [0.5, 0.6) is 0 Å². The molecule has 0 atom stereocenters. The Kier molecular flexibility index (Phi) is 3.79. The van der Waals surface area contributed by atoms with E-state index in [1.54, 1.807) is 0 Å². The smallest absolute Gasteiger partial charge is 0.358 e.